The molecule has 6 heteroatoms. The summed E-state index contributed by atoms with van der Waals surface area (Å²) >= 11 is 1.18. The number of thioether (sulfide) groups is 1. The third-order valence-electron chi connectivity index (χ3n) is 1.92. The van der Waals surface area contributed by atoms with Crippen LogP contribution in [0.3, 0.4) is 0 Å². The monoisotopic (exact) mass is 251 g/mol. The number of aliphatic hydroxyl groups is 1. The largest absolute Gasteiger partial charge is 0.418 e. The quantitative estimate of drug-likeness (QED) is 0.641. The number of nitrogens with two attached hydrogens (primary N) is 1. The molecule has 0 fully saturated rings. The van der Waals surface area contributed by atoms with Gasteiger partial charge in [0.15, 0.2) is 0 Å². The summed E-state index contributed by atoms with van der Waals surface area (Å²) in [6.07, 6.45) is -4.44. The number of anilines is 1. The number of benzene rings is 1. The molecule has 0 heterocycles. The minimum absolute atomic E-state index is 0.0869. The summed E-state index contributed by atoms with van der Waals surface area (Å²) in [4.78, 5) is 0.447. The Bertz CT molecular complexity index is 368. The second-order valence-electron chi connectivity index (χ2n) is 3.36. The van der Waals surface area contributed by atoms with Gasteiger partial charge in [-0.3, -0.25) is 0 Å². The Morgan fingerprint density at radius 2 is 2.06 bits per heavy atom. The van der Waals surface area contributed by atoms with E-state index in [4.69, 9.17) is 10.8 Å². The van der Waals surface area contributed by atoms with Crippen LogP contribution in [0.15, 0.2) is 23.1 Å². The van der Waals surface area contributed by atoms with E-state index in [9.17, 15) is 13.2 Å². The van der Waals surface area contributed by atoms with Crippen LogP contribution in [0.25, 0.3) is 0 Å². The van der Waals surface area contributed by atoms with Crippen molar-refractivity contribution in [2.24, 2.45) is 0 Å². The lowest BCUT2D eigenvalue weighted by molar-refractivity contribution is -0.137. The molecule has 1 aromatic carbocycles. The SMILES string of the molecule is CC(CO)Sc1ccc(N)c(C(F)(F)F)c1. The van der Waals surface area contributed by atoms with Crippen molar-refractivity contribution in [1.82, 2.24) is 0 Å². The molecule has 0 aliphatic rings. The summed E-state index contributed by atoms with van der Waals surface area (Å²) < 4.78 is 37.5. The van der Waals surface area contributed by atoms with E-state index in [1.807, 2.05) is 0 Å². The summed E-state index contributed by atoms with van der Waals surface area (Å²) in [7, 11) is 0. The van der Waals surface area contributed by atoms with Crippen LogP contribution in [-0.2, 0) is 6.18 Å². The van der Waals surface area contributed by atoms with Gasteiger partial charge in [0.2, 0.25) is 0 Å². The molecule has 90 valence electrons. The molecule has 0 saturated heterocycles. The average Bonchev–Trinajstić information content (AvgIpc) is 2.19. The number of aliphatic hydroxyl groups excluding tert-OH is 1. The first-order valence-electron chi connectivity index (χ1n) is 4.59. The van der Waals surface area contributed by atoms with Gasteiger partial charge in [0.25, 0.3) is 0 Å². The zero-order valence-corrected chi connectivity index (χ0v) is 9.40. The highest BCUT2D eigenvalue weighted by Gasteiger charge is 2.33. The molecule has 3 N–H and O–H groups in total. The average molecular weight is 251 g/mol. The van der Waals surface area contributed by atoms with Crippen LogP contribution < -0.4 is 5.73 Å². The molecular weight excluding hydrogens is 239 g/mol. The van der Waals surface area contributed by atoms with Crippen molar-refractivity contribution in [3.8, 4) is 0 Å². The standard InChI is InChI=1S/C10H12F3NOS/c1-6(5-15)16-7-2-3-9(14)8(4-7)10(11,12)13/h2-4,6,15H,5,14H2,1H3. The fraction of sp³-hybridized carbons (Fsp3) is 0.400. The van der Waals surface area contributed by atoms with E-state index in [2.05, 4.69) is 0 Å². The normalized spacial score (nSPS) is 13.8. The Balaban J connectivity index is 2.99. The molecule has 0 amide bonds. The third kappa shape index (κ3) is 3.31. The maximum atomic E-state index is 12.5. The zero-order chi connectivity index (χ0) is 12.3. The highest BCUT2D eigenvalue weighted by atomic mass is 32.2. The van der Waals surface area contributed by atoms with Gasteiger partial charge in [-0.15, -0.1) is 11.8 Å². The zero-order valence-electron chi connectivity index (χ0n) is 8.58. The third-order valence-corrected chi connectivity index (χ3v) is 3.00. The van der Waals surface area contributed by atoms with Gasteiger partial charge in [-0.25, -0.2) is 0 Å². The van der Waals surface area contributed by atoms with Gasteiger partial charge < -0.3 is 10.8 Å². The van der Waals surface area contributed by atoms with Crippen LogP contribution in [0.1, 0.15) is 12.5 Å². The van der Waals surface area contributed by atoms with E-state index in [1.54, 1.807) is 6.92 Å². The molecule has 0 aromatic heterocycles. The Morgan fingerprint density at radius 3 is 2.56 bits per heavy atom. The topological polar surface area (TPSA) is 46.2 Å². The Morgan fingerprint density at radius 1 is 1.44 bits per heavy atom. The first-order chi connectivity index (χ1) is 7.34. The Hall–Kier alpha value is -0.880. The lowest BCUT2D eigenvalue weighted by Gasteiger charge is -2.13. The number of nitrogen functional groups attached to an aromatic ring is 1. The fourth-order valence-corrected chi connectivity index (χ4v) is 2.00. The molecule has 0 aliphatic carbocycles. The number of hydrogen-bond acceptors (Lipinski definition) is 3. The summed E-state index contributed by atoms with van der Waals surface area (Å²) in [6.45, 7) is 1.64. The number of halogens is 3. The highest BCUT2D eigenvalue weighted by Crippen LogP contribution is 2.36. The van der Waals surface area contributed by atoms with Crippen molar-refractivity contribution in [1.29, 1.82) is 0 Å². The molecule has 0 aliphatic heterocycles. The van der Waals surface area contributed by atoms with Gasteiger partial charge in [0, 0.05) is 15.8 Å². The minimum atomic E-state index is -4.44. The molecule has 1 aromatic rings. The van der Waals surface area contributed by atoms with Crippen LogP contribution in [0.5, 0.6) is 0 Å². The molecule has 1 atom stereocenters. The predicted octanol–water partition coefficient (Wildman–Crippen LogP) is 2.76. The maximum absolute atomic E-state index is 12.5. The van der Waals surface area contributed by atoms with Gasteiger partial charge in [-0.05, 0) is 18.2 Å². The van der Waals surface area contributed by atoms with E-state index in [-0.39, 0.29) is 17.5 Å². The number of hydrogen-bond donors (Lipinski definition) is 2. The fourth-order valence-electron chi connectivity index (χ4n) is 1.12. The summed E-state index contributed by atoms with van der Waals surface area (Å²) in [5.41, 5.74) is 4.15. The molecule has 1 rings (SSSR count). The molecular formula is C10H12F3NOS. The minimum Gasteiger partial charge on any atom is -0.398 e. The first-order valence-corrected chi connectivity index (χ1v) is 5.46. The molecule has 0 spiro atoms. The first kappa shape index (κ1) is 13.2. The van der Waals surface area contributed by atoms with Crippen molar-refractivity contribution < 1.29 is 18.3 Å². The van der Waals surface area contributed by atoms with Gasteiger partial charge in [-0.2, -0.15) is 13.2 Å². The van der Waals surface area contributed by atoms with E-state index < -0.39 is 11.7 Å². The molecule has 0 radical (unpaired) electrons. The lowest BCUT2D eigenvalue weighted by Crippen LogP contribution is -2.09. The summed E-state index contributed by atoms with van der Waals surface area (Å²) in [5.74, 6) is 0. The predicted molar refractivity (Wildman–Crippen MR) is 58.3 cm³/mol. The van der Waals surface area contributed by atoms with Crippen LogP contribution in [0.2, 0.25) is 0 Å². The Kier molecular flexibility index (Phi) is 4.09. The lowest BCUT2D eigenvalue weighted by atomic mass is 10.2. The van der Waals surface area contributed by atoms with Crippen molar-refractivity contribution in [2.75, 3.05) is 12.3 Å². The molecule has 0 saturated carbocycles. The summed E-state index contributed by atoms with van der Waals surface area (Å²) in [6, 6.07) is 3.75. The molecule has 16 heavy (non-hydrogen) atoms. The van der Waals surface area contributed by atoms with Crippen molar-refractivity contribution in [3.63, 3.8) is 0 Å². The van der Waals surface area contributed by atoms with Crippen molar-refractivity contribution in [2.45, 2.75) is 23.2 Å². The Labute approximate surface area is 95.6 Å². The van der Waals surface area contributed by atoms with E-state index in [0.29, 0.717) is 4.90 Å². The van der Waals surface area contributed by atoms with Crippen LogP contribution in [0, 0.1) is 0 Å². The van der Waals surface area contributed by atoms with Gasteiger partial charge in [0.1, 0.15) is 0 Å². The van der Waals surface area contributed by atoms with Gasteiger partial charge >= 0.3 is 6.18 Å². The number of rotatable bonds is 3. The van der Waals surface area contributed by atoms with Crippen LogP contribution in [-0.4, -0.2) is 17.0 Å². The van der Waals surface area contributed by atoms with Crippen LogP contribution in [0.4, 0.5) is 18.9 Å². The molecule has 0 bridgehead atoms. The van der Waals surface area contributed by atoms with E-state index >= 15 is 0 Å². The van der Waals surface area contributed by atoms with E-state index in [1.165, 1.54) is 23.9 Å². The van der Waals surface area contributed by atoms with Gasteiger partial charge in [-0.1, -0.05) is 6.92 Å². The second kappa shape index (κ2) is 4.97. The second-order valence-corrected chi connectivity index (χ2v) is 4.87. The molecule has 2 nitrogen and oxygen atoms in total. The highest BCUT2D eigenvalue weighted by molar-refractivity contribution is 8.00. The maximum Gasteiger partial charge on any atom is 0.418 e. The van der Waals surface area contributed by atoms with Crippen molar-refractivity contribution >= 4 is 17.4 Å². The van der Waals surface area contributed by atoms with Crippen LogP contribution >= 0.6 is 11.8 Å². The van der Waals surface area contributed by atoms with Gasteiger partial charge in [0.05, 0.1) is 12.2 Å². The molecule has 1 unspecified atom stereocenters. The number of alkyl halides is 3. The summed E-state index contributed by atoms with van der Waals surface area (Å²) in [5, 5.41) is 8.66. The van der Waals surface area contributed by atoms with E-state index in [0.717, 1.165) is 6.07 Å². The van der Waals surface area contributed by atoms with Crippen molar-refractivity contribution in [3.05, 3.63) is 23.8 Å². The smallest absolute Gasteiger partial charge is 0.398 e.